The molecular formula is C13H18O2S. The molecule has 1 N–H and O–H groups in total. The van der Waals surface area contributed by atoms with Crippen LogP contribution in [0.4, 0.5) is 0 Å². The molecule has 1 unspecified atom stereocenters. The van der Waals surface area contributed by atoms with Gasteiger partial charge in [-0.25, -0.2) is 0 Å². The normalized spacial score (nSPS) is 13.5. The van der Waals surface area contributed by atoms with Gasteiger partial charge in [0.25, 0.3) is 0 Å². The highest BCUT2D eigenvalue weighted by atomic mass is 32.2. The highest BCUT2D eigenvalue weighted by Gasteiger charge is 2.26. The van der Waals surface area contributed by atoms with Crippen molar-refractivity contribution in [3.63, 3.8) is 0 Å². The fourth-order valence-corrected chi connectivity index (χ4v) is 2.21. The zero-order chi connectivity index (χ0) is 12.2. The minimum Gasteiger partial charge on any atom is -0.391 e. The van der Waals surface area contributed by atoms with Gasteiger partial charge in [-0.3, -0.25) is 0 Å². The molecule has 0 aliphatic rings. The summed E-state index contributed by atoms with van der Waals surface area (Å²) in [5, 5.41) is 9.84. The van der Waals surface area contributed by atoms with Crippen LogP contribution in [-0.4, -0.2) is 23.2 Å². The molecule has 0 bridgehead atoms. The fraction of sp³-hybridized carbons (Fsp3) is 0.462. The number of rotatable bonds is 5. The summed E-state index contributed by atoms with van der Waals surface area (Å²) < 4.78 is 0. The maximum Gasteiger partial charge on any atom is 0.128 e. The number of benzene rings is 1. The van der Waals surface area contributed by atoms with Crippen molar-refractivity contribution in [1.82, 2.24) is 0 Å². The van der Waals surface area contributed by atoms with Crippen LogP contribution in [0, 0.1) is 12.3 Å². The van der Waals surface area contributed by atoms with Crippen LogP contribution in [0.25, 0.3) is 0 Å². The van der Waals surface area contributed by atoms with Gasteiger partial charge in [-0.15, -0.1) is 11.8 Å². The third kappa shape index (κ3) is 3.65. The number of aldehydes is 1. The average molecular weight is 238 g/mol. The van der Waals surface area contributed by atoms with E-state index in [4.69, 9.17) is 0 Å². The van der Waals surface area contributed by atoms with E-state index in [2.05, 4.69) is 0 Å². The maximum atomic E-state index is 10.8. The minimum absolute atomic E-state index is 0.537. The Balaban J connectivity index is 2.52. The summed E-state index contributed by atoms with van der Waals surface area (Å²) >= 11 is 1.57. The van der Waals surface area contributed by atoms with Gasteiger partial charge in [0.15, 0.2) is 0 Å². The molecule has 88 valence electrons. The first-order valence-electron chi connectivity index (χ1n) is 5.29. The van der Waals surface area contributed by atoms with Crippen molar-refractivity contribution in [2.45, 2.75) is 31.8 Å². The lowest BCUT2D eigenvalue weighted by atomic mass is 9.90. The molecule has 1 aromatic carbocycles. The Bertz CT molecular complexity index is 343. The number of thioether (sulfide) groups is 1. The lowest BCUT2D eigenvalue weighted by Gasteiger charge is -2.23. The van der Waals surface area contributed by atoms with Crippen molar-refractivity contribution in [3.8, 4) is 0 Å². The molecule has 1 rings (SSSR count). The van der Waals surface area contributed by atoms with Crippen molar-refractivity contribution >= 4 is 18.0 Å². The number of aliphatic hydroxyl groups excluding tert-OH is 1. The van der Waals surface area contributed by atoms with Crippen LogP contribution < -0.4 is 0 Å². The Hall–Kier alpha value is -0.800. The van der Waals surface area contributed by atoms with Crippen LogP contribution in [0.3, 0.4) is 0 Å². The summed E-state index contributed by atoms with van der Waals surface area (Å²) in [5.74, 6) is 0.537. The van der Waals surface area contributed by atoms with Crippen LogP contribution in [0.5, 0.6) is 0 Å². The van der Waals surface area contributed by atoms with Gasteiger partial charge in [-0.1, -0.05) is 31.5 Å². The Morgan fingerprint density at radius 2 is 1.94 bits per heavy atom. The predicted octanol–water partition coefficient (Wildman–Crippen LogP) is 2.67. The highest BCUT2D eigenvalue weighted by Crippen LogP contribution is 2.25. The molecule has 0 heterocycles. The quantitative estimate of drug-likeness (QED) is 0.633. The Labute approximate surface area is 101 Å². The zero-order valence-corrected chi connectivity index (χ0v) is 10.8. The first-order chi connectivity index (χ1) is 7.45. The number of carbonyl (C=O) groups excluding carboxylic acids is 1. The molecule has 0 saturated carbocycles. The molecule has 0 aliphatic heterocycles. The van der Waals surface area contributed by atoms with Crippen LogP contribution in [0.2, 0.25) is 0 Å². The number of hydrogen-bond acceptors (Lipinski definition) is 3. The molecule has 1 aromatic rings. The molecule has 0 aliphatic carbocycles. The van der Waals surface area contributed by atoms with Gasteiger partial charge < -0.3 is 9.90 Å². The summed E-state index contributed by atoms with van der Waals surface area (Å²) in [4.78, 5) is 11.9. The number of hydrogen-bond donors (Lipinski definition) is 1. The second-order valence-electron chi connectivity index (χ2n) is 4.58. The Kier molecular flexibility index (Phi) is 4.56. The molecule has 3 heteroatoms. The SMILES string of the molecule is Cc1ccc(SCC(O)C(C)(C)C=O)cc1. The summed E-state index contributed by atoms with van der Waals surface area (Å²) in [7, 11) is 0. The van der Waals surface area contributed by atoms with Gasteiger partial charge in [0.05, 0.1) is 6.10 Å². The smallest absolute Gasteiger partial charge is 0.128 e. The topological polar surface area (TPSA) is 37.3 Å². The van der Waals surface area contributed by atoms with E-state index in [0.29, 0.717) is 5.75 Å². The summed E-state index contributed by atoms with van der Waals surface area (Å²) in [6.45, 7) is 5.54. The molecule has 1 atom stereocenters. The maximum absolute atomic E-state index is 10.8. The van der Waals surface area contributed by atoms with Crippen molar-refractivity contribution in [1.29, 1.82) is 0 Å². The number of aliphatic hydroxyl groups is 1. The van der Waals surface area contributed by atoms with E-state index in [1.54, 1.807) is 25.6 Å². The van der Waals surface area contributed by atoms with E-state index in [0.717, 1.165) is 11.2 Å². The van der Waals surface area contributed by atoms with Gasteiger partial charge in [0.2, 0.25) is 0 Å². The van der Waals surface area contributed by atoms with Crippen LogP contribution in [0.15, 0.2) is 29.2 Å². The van der Waals surface area contributed by atoms with Gasteiger partial charge in [-0.2, -0.15) is 0 Å². The lowest BCUT2D eigenvalue weighted by Crippen LogP contribution is -2.32. The molecular weight excluding hydrogens is 220 g/mol. The van der Waals surface area contributed by atoms with Gasteiger partial charge >= 0.3 is 0 Å². The summed E-state index contributed by atoms with van der Waals surface area (Å²) in [6.07, 6.45) is 0.198. The van der Waals surface area contributed by atoms with E-state index in [1.165, 1.54) is 5.56 Å². The van der Waals surface area contributed by atoms with Crippen molar-refractivity contribution in [2.75, 3.05) is 5.75 Å². The van der Waals surface area contributed by atoms with Crippen molar-refractivity contribution in [3.05, 3.63) is 29.8 Å². The zero-order valence-electron chi connectivity index (χ0n) is 9.93. The molecule has 0 fully saturated rings. The molecule has 0 spiro atoms. The number of aryl methyl sites for hydroxylation is 1. The summed E-state index contributed by atoms with van der Waals surface area (Å²) in [5.41, 5.74) is 0.552. The fourth-order valence-electron chi connectivity index (χ4n) is 1.10. The van der Waals surface area contributed by atoms with E-state index in [1.807, 2.05) is 31.2 Å². The van der Waals surface area contributed by atoms with Crippen LogP contribution in [-0.2, 0) is 4.79 Å². The predicted molar refractivity (Wildman–Crippen MR) is 67.8 cm³/mol. The molecule has 0 aromatic heterocycles. The lowest BCUT2D eigenvalue weighted by molar-refractivity contribution is -0.119. The molecule has 0 radical (unpaired) electrons. The first kappa shape index (κ1) is 13.3. The third-order valence-electron chi connectivity index (χ3n) is 2.59. The summed E-state index contributed by atoms with van der Waals surface area (Å²) in [6, 6.07) is 8.14. The van der Waals surface area contributed by atoms with E-state index < -0.39 is 11.5 Å². The van der Waals surface area contributed by atoms with Crippen molar-refractivity contribution in [2.24, 2.45) is 5.41 Å². The highest BCUT2D eigenvalue weighted by molar-refractivity contribution is 7.99. The molecule has 2 nitrogen and oxygen atoms in total. The van der Waals surface area contributed by atoms with Gasteiger partial charge in [0.1, 0.15) is 6.29 Å². The third-order valence-corrected chi connectivity index (χ3v) is 3.68. The Morgan fingerprint density at radius 1 is 1.38 bits per heavy atom. The second-order valence-corrected chi connectivity index (χ2v) is 5.67. The van der Waals surface area contributed by atoms with E-state index >= 15 is 0 Å². The van der Waals surface area contributed by atoms with Gasteiger partial charge in [-0.05, 0) is 19.1 Å². The van der Waals surface area contributed by atoms with E-state index in [9.17, 15) is 9.90 Å². The molecule has 16 heavy (non-hydrogen) atoms. The monoisotopic (exact) mass is 238 g/mol. The Morgan fingerprint density at radius 3 is 2.44 bits per heavy atom. The molecule has 0 saturated heterocycles. The second kappa shape index (κ2) is 5.51. The van der Waals surface area contributed by atoms with Gasteiger partial charge in [0, 0.05) is 16.1 Å². The van der Waals surface area contributed by atoms with E-state index in [-0.39, 0.29) is 0 Å². The average Bonchev–Trinajstić information content (AvgIpc) is 2.28. The van der Waals surface area contributed by atoms with Crippen LogP contribution in [0.1, 0.15) is 19.4 Å². The molecule has 0 amide bonds. The standard InChI is InChI=1S/C13H18O2S/c1-10-4-6-11(7-5-10)16-8-12(15)13(2,3)9-14/h4-7,9,12,15H,8H2,1-3H3. The minimum atomic E-state index is -0.669. The number of carbonyl (C=O) groups is 1. The largest absolute Gasteiger partial charge is 0.391 e. The van der Waals surface area contributed by atoms with Crippen LogP contribution >= 0.6 is 11.8 Å². The van der Waals surface area contributed by atoms with Crippen molar-refractivity contribution < 1.29 is 9.90 Å². The first-order valence-corrected chi connectivity index (χ1v) is 6.28.